The lowest BCUT2D eigenvalue weighted by atomic mass is 10.1. The third-order valence-electron chi connectivity index (χ3n) is 3.81. The molecule has 0 unspecified atom stereocenters. The van der Waals surface area contributed by atoms with Crippen molar-refractivity contribution in [2.75, 3.05) is 6.61 Å². The highest BCUT2D eigenvalue weighted by Crippen LogP contribution is 2.25. The molecule has 8 nitrogen and oxygen atoms in total. The van der Waals surface area contributed by atoms with E-state index in [0.29, 0.717) is 11.1 Å². The van der Waals surface area contributed by atoms with E-state index in [9.17, 15) is 20.1 Å². The summed E-state index contributed by atoms with van der Waals surface area (Å²) in [6, 6.07) is 9.74. The average molecular weight is 361 g/mol. The van der Waals surface area contributed by atoms with Crippen LogP contribution in [0.4, 0.5) is 0 Å². The maximum absolute atomic E-state index is 12.2. The van der Waals surface area contributed by atoms with Crippen molar-refractivity contribution in [1.29, 1.82) is 5.26 Å². The molecule has 0 aliphatic rings. The maximum atomic E-state index is 12.2. The smallest absolute Gasteiger partial charge is 0.342 e. The summed E-state index contributed by atoms with van der Waals surface area (Å²) in [5, 5.41) is 46.6. The molecule has 1 aromatic heterocycles. The molecule has 0 bridgehead atoms. The number of rotatable bonds is 7. The number of hydrogen-bond donors (Lipinski definition) is 4. The Morgan fingerprint density at radius 3 is 2.50 bits per heavy atom. The van der Waals surface area contributed by atoms with Gasteiger partial charge in [-0.15, -0.1) is 0 Å². The van der Waals surface area contributed by atoms with Gasteiger partial charge >= 0.3 is 5.97 Å². The van der Waals surface area contributed by atoms with Crippen LogP contribution in [0.1, 0.15) is 39.1 Å². The van der Waals surface area contributed by atoms with Crippen molar-refractivity contribution >= 4 is 5.97 Å². The van der Waals surface area contributed by atoms with Crippen molar-refractivity contribution in [2.24, 2.45) is 0 Å². The summed E-state index contributed by atoms with van der Waals surface area (Å²) in [7, 11) is 0. The fourth-order valence-corrected chi connectivity index (χ4v) is 2.24. The monoisotopic (exact) mass is 361 g/mol. The number of aliphatic hydroxyl groups is 4. The van der Waals surface area contributed by atoms with E-state index < -0.39 is 30.9 Å². The number of aliphatic hydroxyl groups excluding tert-OH is 4. The number of carbonyl (C=O) groups is 1. The average Bonchev–Trinajstić information content (AvgIpc) is 3.06. The molecule has 1 aromatic carbocycles. The summed E-state index contributed by atoms with van der Waals surface area (Å²) in [4.78, 5) is 12.2. The Balaban J connectivity index is 2.05. The van der Waals surface area contributed by atoms with Crippen LogP contribution in [0.2, 0.25) is 0 Å². The van der Waals surface area contributed by atoms with Gasteiger partial charge in [0.05, 0.1) is 18.2 Å². The Hall–Kier alpha value is -2.70. The van der Waals surface area contributed by atoms with Crippen LogP contribution in [-0.2, 0) is 11.3 Å². The zero-order valence-corrected chi connectivity index (χ0v) is 14.0. The molecule has 0 fully saturated rings. The van der Waals surface area contributed by atoms with Crippen molar-refractivity contribution in [3.8, 4) is 6.07 Å². The largest absolute Gasteiger partial charge is 0.463 e. The molecule has 4 N–H and O–H groups in total. The maximum Gasteiger partial charge on any atom is 0.342 e. The van der Waals surface area contributed by atoms with Gasteiger partial charge in [0.1, 0.15) is 42.0 Å². The van der Waals surface area contributed by atoms with Gasteiger partial charge < -0.3 is 29.6 Å². The van der Waals surface area contributed by atoms with Crippen LogP contribution in [0.25, 0.3) is 0 Å². The van der Waals surface area contributed by atoms with Gasteiger partial charge in [-0.1, -0.05) is 12.1 Å². The molecule has 138 valence electrons. The van der Waals surface area contributed by atoms with E-state index in [1.165, 1.54) is 13.0 Å². The minimum atomic E-state index is -1.67. The first-order valence-corrected chi connectivity index (χ1v) is 7.79. The molecule has 0 saturated carbocycles. The summed E-state index contributed by atoms with van der Waals surface area (Å²) < 4.78 is 10.4. The second kappa shape index (κ2) is 8.60. The molecule has 2 aromatic rings. The summed E-state index contributed by atoms with van der Waals surface area (Å²) in [5.41, 5.74) is 1.26. The molecule has 0 aliphatic carbocycles. The van der Waals surface area contributed by atoms with Gasteiger partial charge in [0.15, 0.2) is 0 Å². The molecule has 1 heterocycles. The van der Waals surface area contributed by atoms with Crippen molar-refractivity contribution in [3.63, 3.8) is 0 Å². The van der Waals surface area contributed by atoms with E-state index in [-0.39, 0.29) is 23.7 Å². The van der Waals surface area contributed by atoms with Crippen molar-refractivity contribution < 1.29 is 34.4 Å². The van der Waals surface area contributed by atoms with Crippen LogP contribution in [0.15, 0.2) is 34.7 Å². The topological polar surface area (TPSA) is 144 Å². The molecular formula is C18H19NO7. The fraction of sp³-hybridized carbons (Fsp3) is 0.333. The van der Waals surface area contributed by atoms with E-state index >= 15 is 0 Å². The molecule has 0 amide bonds. The second-order valence-electron chi connectivity index (χ2n) is 5.69. The number of benzene rings is 1. The predicted octanol–water partition coefficient (Wildman–Crippen LogP) is 0.564. The highest BCUT2D eigenvalue weighted by atomic mass is 16.5. The van der Waals surface area contributed by atoms with Crippen LogP contribution in [-0.4, -0.2) is 45.2 Å². The Morgan fingerprint density at radius 1 is 1.27 bits per heavy atom. The van der Waals surface area contributed by atoms with E-state index in [0.717, 1.165) is 0 Å². The molecule has 26 heavy (non-hydrogen) atoms. The molecule has 3 atom stereocenters. The van der Waals surface area contributed by atoms with Crippen LogP contribution < -0.4 is 0 Å². The van der Waals surface area contributed by atoms with E-state index in [4.69, 9.17) is 19.5 Å². The summed E-state index contributed by atoms with van der Waals surface area (Å²) >= 11 is 0. The lowest BCUT2D eigenvalue weighted by Crippen LogP contribution is -2.34. The summed E-state index contributed by atoms with van der Waals surface area (Å²) in [6.45, 7) is 0.736. The number of nitrogens with zero attached hydrogens (tertiary/aromatic N) is 1. The molecule has 0 saturated heterocycles. The van der Waals surface area contributed by atoms with Crippen LogP contribution >= 0.6 is 0 Å². The number of ether oxygens (including phenoxy) is 1. The lowest BCUT2D eigenvalue weighted by Gasteiger charge is -2.19. The van der Waals surface area contributed by atoms with Gasteiger partial charge in [-0.05, 0) is 30.7 Å². The Labute approximate surface area is 149 Å². The summed E-state index contributed by atoms with van der Waals surface area (Å²) in [5.74, 6) is -0.645. The highest BCUT2D eigenvalue weighted by molar-refractivity contribution is 5.90. The SMILES string of the molecule is Cc1oc([C@@H](O)[C@H](O)[C@H](O)CO)cc1C(=O)OCc1ccc(C#N)cc1. The fourth-order valence-electron chi connectivity index (χ4n) is 2.24. The Kier molecular flexibility index (Phi) is 6.49. The first-order valence-electron chi connectivity index (χ1n) is 7.79. The van der Waals surface area contributed by atoms with E-state index in [1.807, 2.05) is 6.07 Å². The van der Waals surface area contributed by atoms with Crippen molar-refractivity contribution in [1.82, 2.24) is 0 Å². The molecule has 0 spiro atoms. The third kappa shape index (κ3) is 4.47. The first-order chi connectivity index (χ1) is 12.4. The minimum Gasteiger partial charge on any atom is -0.463 e. The number of carbonyl (C=O) groups excluding carboxylic acids is 1. The minimum absolute atomic E-state index is 0.0150. The normalized spacial score (nSPS) is 14.3. The van der Waals surface area contributed by atoms with Crippen LogP contribution in [0, 0.1) is 18.3 Å². The van der Waals surface area contributed by atoms with Gasteiger partial charge in [-0.2, -0.15) is 5.26 Å². The third-order valence-corrected chi connectivity index (χ3v) is 3.81. The molecule has 0 aliphatic heterocycles. The van der Waals surface area contributed by atoms with Crippen LogP contribution in [0.5, 0.6) is 0 Å². The number of esters is 1. The van der Waals surface area contributed by atoms with E-state index in [2.05, 4.69) is 0 Å². The van der Waals surface area contributed by atoms with Crippen molar-refractivity contribution in [3.05, 3.63) is 58.5 Å². The number of furan rings is 1. The van der Waals surface area contributed by atoms with Crippen molar-refractivity contribution in [2.45, 2.75) is 31.8 Å². The van der Waals surface area contributed by atoms with Crippen LogP contribution in [0.3, 0.4) is 0 Å². The predicted molar refractivity (Wildman–Crippen MR) is 87.8 cm³/mol. The second-order valence-corrected chi connectivity index (χ2v) is 5.69. The molecule has 8 heteroatoms. The first kappa shape index (κ1) is 19.6. The van der Waals surface area contributed by atoms with Gasteiger partial charge in [-0.25, -0.2) is 4.79 Å². The number of nitriles is 1. The Bertz CT molecular complexity index is 791. The standard InChI is InChI=1S/C18H19NO7/c1-10-13(6-15(26-10)17(23)16(22)14(21)8-20)18(24)25-9-12-4-2-11(7-19)3-5-12/h2-6,14,16-17,20-23H,8-9H2,1H3/t14-,16-,17-/m1/s1. The van der Waals surface area contributed by atoms with Gasteiger partial charge in [-0.3, -0.25) is 0 Å². The number of hydrogen-bond acceptors (Lipinski definition) is 8. The molecular weight excluding hydrogens is 342 g/mol. The zero-order valence-electron chi connectivity index (χ0n) is 14.0. The van der Waals surface area contributed by atoms with E-state index in [1.54, 1.807) is 24.3 Å². The number of aryl methyl sites for hydroxylation is 1. The quantitative estimate of drug-likeness (QED) is 0.524. The zero-order chi connectivity index (χ0) is 19.3. The highest BCUT2D eigenvalue weighted by Gasteiger charge is 2.29. The van der Waals surface area contributed by atoms with Gasteiger partial charge in [0.25, 0.3) is 0 Å². The molecule has 2 rings (SSSR count). The molecule has 0 radical (unpaired) electrons. The lowest BCUT2D eigenvalue weighted by molar-refractivity contribution is -0.0837. The Morgan fingerprint density at radius 2 is 1.92 bits per heavy atom. The van der Waals surface area contributed by atoms with Gasteiger partial charge in [0, 0.05) is 0 Å². The summed E-state index contributed by atoms with van der Waals surface area (Å²) in [6.07, 6.45) is -4.84. The van der Waals surface area contributed by atoms with Gasteiger partial charge in [0.2, 0.25) is 0 Å².